The van der Waals surface area contributed by atoms with Crippen molar-refractivity contribution in [2.75, 3.05) is 19.5 Å². The molecule has 0 aliphatic carbocycles. The molecular formula is C13H13N3O5S. The molecule has 1 unspecified atom stereocenters. The molecular weight excluding hydrogens is 310 g/mol. The van der Waals surface area contributed by atoms with Crippen LogP contribution in [0.3, 0.4) is 0 Å². The Kier molecular flexibility index (Phi) is 4.56. The summed E-state index contributed by atoms with van der Waals surface area (Å²) in [7, 11) is 2.90. The number of amides is 2. The quantitative estimate of drug-likeness (QED) is 0.384. The van der Waals surface area contributed by atoms with Gasteiger partial charge >= 0.3 is 0 Å². The zero-order valence-electron chi connectivity index (χ0n) is 11.8. The summed E-state index contributed by atoms with van der Waals surface area (Å²) in [5, 5.41) is 7.07. The Hall–Kier alpha value is -2.68. The molecule has 0 spiro atoms. The van der Waals surface area contributed by atoms with E-state index >= 15 is 0 Å². The number of benzene rings is 1. The fourth-order valence-corrected chi connectivity index (χ4v) is 2.04. The average molecular weight is 323 g/mol. The number of hydrogen-bond donors (Lipinski definition) is 3. The number of carbonyl (C=O) groups is 3. The second kappa shape index (κ2) is 6.39. The summed E-state index contributed by atoms with van der Waals surface area (Å²) in [4.78, 5) is 35.4. The molecule has 0 bridgehead atoms. The highest BCUT2D eigenvalue weighted by Gasteiger charge is 2.37. The Balaban J connectivity index is 2.13. The minimum absolute atomic E-state index is 0.0122. The van der Waals surface area contributed by atoms with Gasteiger partial charge in [-0.1, -0.05) is 0 Å². The molecule has 2 rings (SSSR count). The molecule has 9 heteroatoms. The normalized spacial score (nSPS) is 16.5. The van der Waals surface area contributed by atoms with E-state index in [1.807, 2.05) is 0 Å². The van der Waals surface area contributed by atoms with Gasteiger partial charge in [0, 0.05) is 6.07 Å². The Morgan fingerprint density at radius 3 is 2.55 bits per heavy atom. The van der Waals surface area contributed by atoms with Gasteiger partial charge in [-0.2, -0.15) is 0 Å². The number of hydrogen-bond acceptors (Lipinski definition) is 6. The lowest BCUT2D eigenvalue weighted by molar-refractivity contribution is -0.138. The number of thiocarbonyl (C=S) groups is 1. The first-order valence-corrected chi connectivity index (χ1v) is 6.55. The number of Topliss-reactive ketones (excluding diaryl/α,β-unsaturated/α-hetero) is 1. The largest absolute Gasteiger partial charge is 0.497 e. The number of methoxy groups -OCH3 is 2. The molecule has 1 fully saturated rings. The first-order chi connectivity index (χ1) is 10.5. The maximum absolute atomic E-state index is 12.0. The van der Waals surface area contributed by atoms with Crippen molar-refractivity contribution in [1.29, 1.82) is 0 Å². The third kappa shape index (κ3) is 3.14. The molecule has 116 valence electrons. The van der Waals surface area contributed by atoms with Crippen LogP contribution < -0.4 is 25.4 Å². The molecule has 8 nitrogen and oxygen atoms in total. The van der Waals surface area contributed by atoms with E-state index in [1.54, 1.807) is 12.1 Å². The Labute approximate surface area is 131 Å². The number of rotatable bonds is 5. The van der Waals surface area contributed by atoms with Crippen LogP contribution in [0.15, 0.2) is 18.2 Å². The summed E-state index contributed by atoms with van der Waals surface area (Å²) in [5.41, 5.74) is 0.280. The summed E-state index contributed by atoms with van der Waals surface area (Å²) >= 11 is 4.72. The van der Waals surface area contributed by atoms with Crippen molar-refractivity contribution in [2.45, 2.75) is 6.04 Å². The molecule has 2 amide bonds. The van der Waals surface area contributed by atoms with Crippen LogP contribution in [0.4, 0.5) is 5.69 Å². The van der Waals surface area contributed by atoms with Crippen LogP contribution in [0.25, 0.3) is 0 Å². The van der Waals surface area contributed by atoms with Gasteiger partial charge in [-0.05, 0) is 24.4 Å². The Bertz CT molecular complexity index is 661. The minimum atomic E-state index is -1.32. The van der Waals surface area contributed by atoms with Crippen LogP contribution >= 0.6 is 12.2 Å². The topological polar surface area (TPSA) is 106 Å². The Morgan fingerprint density at radius 1 is 1.27 bits per heavy atom. The fourth-order valence-electron chi connectivity index (χ4n) is 1.82. The highest BCUT2D eigenvalue weighted by molar-refractivity contribution is 7.80. The molecule has 0 aromatic heterocycles. The molecule has 1 aromatic rings. The van der Waals surface area contributed by atoms with Gasteiger partial charge in [-0.3, -0.25) is 14.4 Å². The first-order valence-electron chi connectivity index (χ1n) is 6.15. The van der Waals surface area contributed by atoms with Gasteiger partial charge in [0.1, 0.15) is 11.5 Å². The molecule has 1 aliphatic rings. The molecule has 1 heterocycles. The van der Waals surface area contributed by atoms with Gasteiger partial charge in [0.15, 0.2) is 11.2 Å². The summed E-state index contributed by atoms with van der Waals surface area (Å²) in [6.07, 6.45) is 0. The fraction of sp³-hybridized carbons (Fsp3) is 0.231. The molecule has 1 aromatic carbocycles. The van der Waals surface area contributed by atoms with Crippen LogP contribution in [0.5, 0.6) is 11.5 Å². The van der Waals surface area contributed by atoms with Crippen molar-refractivity contribution in [2.24, 2.45) is 0 Å². The second-order valence-corrected chi connectivity index (χ2v) is 4.69. The summed E-state index contributed by atoms with van der Waals surface area (Å²) in [5.74, 6) is -1.72. The molecule has 0 radical (unpaired) electrons. The lowest BCUT2D eigenvalue weighted by atomic mass is 10.1. The lowest BCUT2D eigenvalue weighted by Gasteiger charge is -2.12. The SMILES string of the molecule is COc1ccc(NC(=O)C(=O)C2NC(=S)NC2=O)c(OC)c1. The van der Waals surface area contributed by atoms with Crippen molar-refractivity contribution < 1.29 is 23.9 Å². The van der Waals surface area contributed by atoms with Crippen molar-refractivity contribution in [3.05, 3.63) is 18.2 Å². The second-order valence-electron chi connectivity index (χ2n) is 4.28. The van der Waals surface area contributed by atoms with E-state index in [0.717, 1.165) is 0 Å². The molecule has 1 saturated heterocycles. The number of nitrogens with one attached hydrogen (secondary N) is 3. The maximum Gasteiger partial charge on any atom is 0.294 e. The Morgan fingerprint density at radius 2 is 2.00 bits per heavy atom. The van der Waals surface area contributed by atoms with E-state index < -0.39 is 23.6 Å². The van der Waals surface area contributed by atoms with Gasteiger partial charge in [0.25, 0.3) is 17.6 Å². The lowest BCUT2D eigenvalue weighted by Crippen LogP contribution is -2.43. The number of ether oxygens (including phenoxy) is 2. The molecule has 3 N–H and O–H groups in total. The third-order valence-electron chi connectivity index (χ3n) is 2.92. The van der Waals surface area contributed by atoms with Gasteiger partial charge in [-0.15, -0.1) is 0 Å². The third-order valence-corrected chi connectivity index (χ3v) is 3.14. The number of anilines is 1. The average Bonchev–Trinajstić information content (AvgIpc) is 2.85. The van der Waals surface area contributed by atoms with Gasteiger partial charge in [-0.25, -0.2) is 0 Å². The molecule has 1 aliphatic heterocycles. The zero-order chi connectivity index (χ0) is 16.3. The maximum atomic E-state index is 12.0. The highest BCUT2D eigenvalue weighted by atomic mass is 32.1. The van der Waals surface area contributed by atoms with Gasteiger partial charge < -0.3 is 25.4 Å². The smallest absolute Gasteiger partial charge is 0.294 e. The zero-order valence-corrected chi connectivity index (χ0v) is 12.6. The molecule has 1 atom stereocenters. The predicted octanol–water partition coefficient (Wildman–Crippen LogP) is -0.416. The van der Waals surface area contributed by atoms with Gasteiger partial charge in [0.05, 0.1) is 19.9 Å². The van der Waals surface area contributed by atoms with E-state index in [-0.39, 0.29) is 10.8 Å². The van der Waals surface area contributed by atoms with E-state index in [9.17, 15) is 14.4 Å². The summed E-state index contributed by atoms with van der Waals surface area (Å²) < 4.78 is 10.1. The molecule has 0 saturated carbocycles. The van der Waals surface area contributed by atoms with E-state index in [2.05, 4.69) is 16.0 Å². The van der Waals surface area contributed by atoms with Crippen molar-refractivity contribution >= 4 is 40.6 Å². The highest BCUT2D eigenvalue weighted by Crippen LogP contribution is 2.28. The van der Waals surface area contributed by atoms with Crippen molar-refractivity contribution in [3.8, 4) is 11.5 Å². The van der Waals surface area contributed by atoms with E-state index in [4.69, 9.17) is 21.7 Å². The first kappa shape index (κ1) is 15.7. The number of carbonyl (C=O) groups excluding carboxylic acids is 3. The van der Waals surface area contributed by atoms with E-state index in [1.165, 1.54) is 20.3 Å². The summed E-state index contributed by atoms with van der Waals surface area (Å²) in [6.45, 7) is 0. The molecule has 22 heavy (non-hydrogen) atoms. The van der Waals surface area contributed by atoms with Crippen LogP contribution in [0.2, 0.25) is 0 Å². The van der Waals surface area contributed by atoms with Crippen LogP contribution in [-0.2, 0) is 14.4 Å². The van der Waals surface area contributed by atoms with Crippen molar-refractivity contribution in [1.82, 2.24) is 10.6 Å². The van der Waals surface area contributed by atoms with E-state index in [0.29, 0.717) is 11.5 Å². The van der Waals surface area contributed by atoms with Crippen LogP contribution in [-0.4, -0.2) is 43.0 Å². The standard InChI is InChI=1S/C13H13N3O5S/c1-20-6-3-4-7(8(5-6)21-2)14-12(19)10(17)9-11(18)16-13(22)15-9/h3-5,9H,1-2H3,(H,14,19)(H2,15,16,18,22). The minimum Gasteiger partial charge on any atom is -0.497 e. The number of ketones is 1. The summed E-state index contributed by atoms with van der Waals surface area (Å²) in [6, 6.07) is 3.35. The monoisotopic (exact) mass is 323 g/mol. The van der Waals surface area contributed by atoms with Crippen LogP contribution in [0.1, 0.15) is 0 Å². The predicted molar refractivity (Wildman–Crippen MR) is 80.8 cm³/mol. The van der Waals surface area contributed by atoms with Crippen molar-refractivity contribution in [3.63, 3.8) is 0 Å². The van der Waals surface area contributed by atoms with Crippen LogP contribution in [0, 0.1) is 0 Å². The van der Waals surface area contributed by atoms with Gasteiger partial charge in [0.2, 0.25) is 0 Å².